The number of para-hydroxylation sites is 2. The molecule has 9 atom stereocenters. The quantitative estimate of drug-likeness (QED) is 0.0309. The summed E-state index contributed by atoms with van der Waals surface area (Å²) in [6.07, 6.45) is 6.48. The highest BCUT2D eigenvalue weighted by atomic mass is 16.5. The molecule has 0 unspecified atom stereocenters. The number of ether oxygens (including phenoxy) is 1. The van der Waals surface area contributed by atoms with E-state index in [1.54, 1.807) is 48.8 Å². The van der Waals surface area contributed by atoms with Gasteiger partial charge in [0.2, 0.25) is 59.1 Å². The fourth-order valence-corrected chi connectivity index (χ4v) is 11.9. The summed E-state index contributed by atoms with van der Waals surface area (Å²) in [5.74, 6) is -7.85. The molecule has 29 heteroatoms. The van der Waals surface area contributed by atoms with Crippen LogP contribution in [0.15, 0.2) is 103 Å². The Balaban J connectivity index is 1.08. The molecule has 3 aromatic carbocycles. The predicted molar refractivity (Wildman–Crippen MR) is 341 cm³/mol. The molecule has 494 valence electrons. The fourth-order valence-electron chi connectivity index (χ4n) is 11.9. The lowest BCUT2D eigenvalue weighted by Crippen LogP contribution is -2.64. The number of guanidine groups is 1. The summed E-state index contributed by atoms with van der Waals surface area (Å²) >= 11 is 0. The average molecular weight is 1280 g/mol. The Morgan fingerprint density at radius 2 is 1.13 bits per heavy atom. The molecule has 3 saturated heterocycles. The molecule has 3 fully saturated rings. The minimum Gasteiger partial charge on any atom is -0.497 e. The van der Waals surface area contributed by atoms with Crippen molar-refractivity contribution in [1.29, 1.82) is 0 Å². The molecular formula is C64H81N17O12. The number of aliphatic hydroxyl groups excluding tert-OH is 1. The zero-order chi connectivity index (χ0) is 66.3. The van der Waals surface area contributed by atoms with Gasteiger partial charge in [-0.1, -0.05) is 62.4 Å². The lowest BCUT2D eigenvalue weighted by molar-refractivity contribution is -0.150. The van der Waals surface area contributed by atoms with E-state index in [2.05, 4.69) is 67.5 Å². The number of aliphatic hydroxyl groups is 1. The Hall–Kier alpha value is -10.3. The number of carbonyl (C=O) groups is 10. The molecule has 29 nitrogen and oxygen atoms in total. The molecule has 0 spiro atoms. The molecule has 0 saturated carbocycles. The maximum absolute atomic E-state index is 15.1. The summed E-state index contributed by atoms with van der Waals surface area (Å²) in [7, 11) is 1.48. The van der Waals surface area contributed by atoms with Crippen LogP contribution >= 0.6 is 0 Å². The monoisotopic (exact) mass is 1280 g/mol. The second-order valence-electron chi connectivity index (χ2n) is 23.9. The Morgan fingerprint density at radius 3 is 1.68 bits per heavy atom. The van der Waals surface area contributed by atoms with Gasteiger partial charge in [0.05, 0.1) is 26.6 Å². The molecule has 93 heavy (non-hydrogen) atoms. The highest BCUT2D eigenvalue weighted by Crippen LogP contribution is 2.25. The minimum atomic E-state index is -1.77. The molecule has 3 aliphatic heterocycles. The summed E-state index contributed by atoms with van der Waals surface area (Å²) in [6.45, 7) is 2.40. The molecule has 10 amide bonds. The van der Waals surface area contributed by atoms with E-state index in [0.717, 1.165) is 10.9 Å². The van der Waals surface area contributed by atoms with Crippen molar-refractivity contribution in [3.8, 4) is 5.75 Å². The van der Waals surface area contributed by atoms with Crippen LogP contribution in [0.3, 0.4) is 0 Å². The van der Waals surface area contributed by atoms with Gasteiger partial charge in [0.1, 0.15) is 60.1 Å². The van der Waals surface area contributed by atoms with Crippen LogP contribution in [0.5, 0.6) is 5.75 Å². The fraction of sp³-hybridized carbons (Fsp3) is 0.438. The number of nitrogens with one attached hydrogen (secondary N) is 11. The first-order chi connectivity index (χ1) is 44.8. The van der Waals surface area contributed by atoms with E-state index in [1.807, 2.05) is 50.2 Å². The molecule has 0 bridgehead atoms. The van der Waals surface area contributed by atoms with Crippen LogP contribution in [0.1, 0.15) is 74.8 Å². The van der Waals surface area contributed by atoms with Gasteiger partial charge in [0, 0.05) is 91.4 Å². The number of nitrogens with zero attached hydrogens (tertiary/aromatic N) is 4. The van der Waals surface area contributed by atoms with Gasteiger partial charge in [-0.25, -0.2) is 4.98 Å². The van der Waals surface area contributed by atoms with Gasteiger partial charge < -0.3 is 88.6 Å². The van der Waals surface area contributed by atoms with Crippen LogP contribution in [0.4, 0.5) is 0 Å². The summed E-state index contributed by atoms with van der Waals surface area (Å²) in [4.78, 5) is 166. The second-order valence-corrected chi connectivity index (χ2v) is 23.9. The number of hydrogen-bond donors (Lipinski definition) is 14. The lowest BCUT2D eigenvalue weighted by atomic mass is 9.97. The molecule has 16 N–H and O–H groups in total. The first-order valence-corrected chi connectivity index (χ1v) is 31.1. The van der Waals surface area contributed by atoms with Crippen molar-refractivity contribution in [3.05, 3.63) is 120 Å². The highest BCUT2D eigenvalue weighted by Gasteiger charge is 2.43. The number of methoxy groups -OCH3 is 1. The lowest BCUT2D eigenvalue weighted by Gasteiger charge is -2.41. The Bertz CT molecular complexity index is 3690. The van der Waals surface area contributed by atoms with Gasteiger partial charge in [-0.05, 0) is 85.4 Å². The number of aromatic amines is 3. The van der Waals surface area contributed by atoms with Gasteiger partial charge in [-0.2, -0.15) is 0 Å². The van der Waals surface area contributed by atoms with Crippen molar-refractivity contribution in [2.45, 2.75) is 132 Å². The van der Waals surface area contributed by atoms with E-state index in [4.69, 9.17) is 16.2 Å². The van der Waals surface area contributed by atoms with E-state index in [9.17, 15) is 43.5 Å². The van der Waals surface area contributed by atoms with Gasteiger partial charge in [-0.3, -0.25) is 52.9 Å². The number of rotatable bonds is 16. The number of hydrogen-bond acceptors (Lipinski definition) is 14. The standard InChI is InChI=1S/C64H81N17O12/c1-35(2)24-46-55(84)73-45(14-8-21-68-64(65)66)63(92)81-23-20-53(81)61(90)71-32-54(83)80-22-9-15-52(80)62(91)78-50(28-39-31-67-34-72-39)59(88)77-49(27-38-30-70-44-13-7-5-11-42(38)44)58(87)79-51(33-82)60(89)75-47(25-36-16-18-40(93-3)19-17-36)56(85)76-48(57(86)74-46)26-37-29-69-43-12-6-4-10-41(37)43/h4-7,10-13,16-19,29-31,34-35,45-53,69-70,82H,8-9,14-15,20-28,32-33H2,1-3H3,(H,67,72)(H,71,90)(H,73,84)(H,74,86)(H,75,89)(H,76,85)(H,77,88)(H,78,91)(H,79,87)(H4,65,66,68)/t45-,46-,47-,48+,49-,50-,51-,52-,53-/m0/s1. The van der Waals surface area contributed by atoms with Crippen molar-refractivity contribution in [3.63, 3.8) is 0 Å². The Morgan fingerprint density at radius 1 is 0.602 bits per heavy atom. The van der Waals surface area contributed by atoms with Gasteiger partial charge >= 0.3 is 0 Å². The maximum Gasteiger partial charge on any atom is 0.245 e. The summed E-state index contributed by atoms with van der Waals surface area (Å²) < 4.78 is 5.38. The Labute approximate surface area is 535 Å². The molecule has 3 aliphatic rings. The number of benzene rings is 3. The third-order valence-electron chi connectivity index (χ3n) is 16.9. The average Bonchev–Trinajstić information content (AvgIpc) is 1.54. The van der Waals surface area contributed by atoms with Crippen molar-refractivity contribution < 1.29 is 57.8 Å². The third kappa shape index (κ3) is 17.2. The van der Waals surface area contributed by atoms with E-state index < -0.39 is 127 Å². The molecule has 6 heterocycles. The normalized spacial score (nSPS) is 23.7. The van der Waals surface area contributed by atoms with Gasteiger partial charge in [-0.15, -0.1) is 0 Å². The second kappa shape index (κ2) is 31.1. The van der Waals surface area contributed by atoms with Crippen LogP contribution in [0.25, 0.3) is 21.8 Å². The van der Waals surface area contributed by atoms with Crippen molar-refractivity contribution in [2.75, 3.05) is 39.9 Å². The molecule has 6 aromatic rings. The minimum absolute atomic E-state index is 0.0111. The number of H-pyrrole nitrogens is 3. The van der Waals surface area contributed by atoms with E-state index >= 15 is 9.59 Å². The zero-order valence-corrected chi connectivity index (χ0v) is 52.0. The first kappa shape index (κ1) is 67.1. The number of nitrogens with two attached hydrogens (primary N) is 2. The summed E-state index contributed by atoms with van der Waals surface area (Å²) in [5, 5.41) is 34.4. The van der Waals surface area contributed by atoms with E-state index in [-0.39, 0.29) is 89.3 Å². The van der Waals surface area contributed by atoms with Crippen LogP contribution in [0.2, 0.25) is 0 Å². The number of fused-ring (bicyclic) bond motifs is 4. The van der Waals surface area contributed by atoms with E-state index in [1.165, 1.54) is 29.4 Å². The zero-order valence-electron chi connectivity index (χ0n) is 52.0. The molecule has 9 rings (SSSR count). The Kier molecular flexibility index (Phi) is 22.5. The van der Waals surface area contributed by atoms with E-state index in [0.29, 0.717) is 45.5 Å². The van der Waals surface area contributed by atoms with Gasteiger partial charge in [0.15, 0.2) is 5.96 Å². The molecule has 0 aliphatic carbocycles. The topological polar surface area (TPSA) is 428 Å². The molecule has 3 aromatic heterocycles. The number of carbonyl (C=O) groups excluding carboxylic acids is 10. The largest absolute Gasteiger partial charge is 0.497 e. The summed E-state index contributed by atoms with van der Waals surface area (Å²) in [6, 6.07) is 8.71. The van der Waals surface area contributed by atoms with Crippen molar-refractivity contribution in [2.24, 2.45) is 22.4 Å². The van der Waals surface area contributed by atoms with Gasteiger partial charge in [0.25, 0.3) is 0 Å². The number of amides is 10. The maximum atomic E-state index is 15.1. The highest BCUT2D eigenvalue weighted by molar-refractivity contribution is 6.00. The van der Waals surface area contributed by atoms with Crippen LogP contribution in [-0.2, 0) is 73.6 Å². The number of aromatic nitrogens is 4. The predicted octanol–water partition coefficient (Wildman–Crippen LogP) is -1.14. The smallest absolute Gasteiger partial charge is 0.245 e. The SMILES string of the molecule is COc1ccc(C[C@@H]2NC(=O)[C@H](CO)NC(=O)[C@H](Cc3c[nH]c4ccccc34)NC(=O)[C@H](Cc3cnc[nH]3)NC(=O)[C@@H]3CCCN3C(=O)CNC(=O)[C@@H]3CCN3C(=O)[C@H](CCCN=C(N)N)NC(=O)[C@H](CC(C)C)NC(=O)[C@@H](Cc3c[nH]c4ccccc34)NC2=O)cc1. The summed E-state index contributed by atoms with van der Waals surface area (Å²) in [5.41, 5.74) is 14.8. The number of aliphatic imine (C=N–C) groups is 1. The number of imidazole rings is 1. The van der Waals surface area contributed by atoms with Crippen molar-refractivity contribution in [1.82, 2.24) is 72.3 Å². The third-order valence-corrected chi connectivity index (χ3v) is 16.9. The first-order valence-electron chi connectivity index (χ1n) is 31.1. The van der Waals surface area contributed by atoms with Crippen molar-refractivity contribution >= 4 is 86.8 Å². The molecule has 0 radical (unpaired) electrons. The van der Waals surface area contributed by atoms with Crippen LogP contribution < -0.4 is 58.7 Å². The molecular weight excluding hydrogens is 1200 g/mol. The van der Waals surface area contributed by atoms with Crippen LogP contribution in [0, 0.1) is 5.92 Å². The van der Waals surface area contributed by atoms with Crippen LogP contribution in [-0.4, -0.2) is 194 Å².